The predicted molar refractivity (Wildman–Crippen MR) is 103 cm³/mol. The number of H-pyrrole nitrogens is 1. The summed E-state index contributed by atoms with van der Waals surface area (Å²) in [6.45, 7) is 5.11. The molecule has 2 aromatic rings. The second kappa shape index (κ2) is 8.20. The third-order valence-electron chi connectivity index (χ3n) is 4.80. The summed E-state index contributed by atoms with van der Waals surface area (Å²) in [5.74, 6) is -0.363. The predicted octanol–water partition coefficient (Wildman–Crippen LogP) is 2.42. The number of piperidine rings is 1. The van der Waals surface area contributed by atoms with E-state index < -0.39 is 6.04 Å². The Morgan fingerprint density at radius 2 is 1.96 bits per heavy atom. The SMILES string of the molecule is CC(C)c1cc(C(=O)NC2CCCN(Cc3ccccc3)C2=O)cc(=O)[nH]1. The van der Waals surface area contributed by atoms with E-state index >= 15 is 0 Å². The van der Waals surface area contributed by atoms with Gasteiger partial charge in [-0.05, 0) is 30.4 Å². The van der Waals surface area contributed by atoms with Crippen LogP contribution in [0.15, 0.2) is 47.3 Å². The molecule has 2 amide bonds. The van der Waals surface area contributed by atoms with E-state index in [2.05, 4.69) is 10.3 Å². The Morgan fingerprint density at radius 1 is 1.22 bits per heavy atom. The Bertz CT molecular complexity index is 874. The minimum atomic E-state index is -0.559. The number of nitrogens with zero attached hydrogens (tertiary/aromatic N) is 1. The first kappa shape index (κ1) is 18.9. The fraction of sp³-hybridized carbons (Fsp3) is 0.381. The van der Waals surface area contributed by atoms with Crippen molar-refractivity contribution in [2.45, 2.75) is 45.2 Å². The van der Waals surface area contributed by atoms with Gasteiger partial charge < -0.3 is 15.2 Å². The van der Waals surface area contributed by atoms with Crippen LogP contribution < -0.4 is 10.9 Å². The van der Waals surface area contributed by atoms with Gasteiger partial charge >= 0.3 is 0 Å². The number of aromatic amines is 1. The number of hydrogen-bond donors (Lipinski definition) is 2. The summed E-state index contributed by atoms with van der Waals surface area (Å²) >= 11 is 0. The highest BCUT2D eigenvalue weighted by atomic mass is 16.2. The number of hydrogen-bond acceptors (Lipinski definition) is 3. The third kappa shape index (κ3) is 4.64. The average Bonchev–Trinajstić information content (AvgIpc) is 2.65. The Morgan fingerprint density at radius 3 is 2.67 bits per heavy atom. The van der Waals surface area contributed by atoms with Crippen LogP contribution in [0.3, 0.4) is 0 Å². The van der Waals surface area contributed by atoms with Crippen molar-refractivity contribution >= 4 is 11.8 Å². The zero-order valence-electron chi connectivity index (χ0n) is 15.7. The molecule has 0 aliphatic carbocycles. The summed E-state index contributed by atoms with van der Waals surface area (Å²) in [7, 11) is 0. The normalized spacial score (nSPS) is 17.2. The summed E-state index contributed by atoms with van der Waals surface area (Å²) in [5, 5.41) is 2.81. The van der Waals surface area contributed by atoms with Crippen LogP contribution in [0.4, 0.5) is 0 Å². The van der Waals surface area contributed by atoms with Gasteiger partial charge in [-0.15, -0.1) is 0 Å². The minimum Gasteiger partial charge on any atom is -0.340 e. The van der Waals surface area contributed by atoms with E-state index in [4.69, 9.17) is 0 Å². The monoisotopic (exact) mass is 367 g/mol. The first-order valence-electron chi connectivity index (χ1n) is 9.32. The van der Waals surface area contributed by atoms with Gasteiger partial charge in [0, 0.05) is 30.4 Å². The Balaban J connectivity index is 1.70. The van der Waals surface area contributed by atoms with Crippen molar-refractivity contribution in [1.82, 2.24) is 15.2 Å². The van der Waals surface area contributed by atoms with E-state index in [9.17, 15) is 14.4 Å². The summed E-state index contributed by atoms with van der Waals surface area (Å²) in [4.78, 5) is 41.7. The summed E-state index contributed by atoms with van der Waals surface area (Å²) in [6, 6.07) is 12.2. The van der Waals surface area contributed by atoms with Gasteiger partial charge in [0.2, 0.25) is 11.5 Å². The largest absolute Gasteiger partial charge is 0.340 e. The molecule has 0 spiro atoms. The van der Waals surface area contributed by atoms with Crippen LogP contribution in [0.1, 0.15) is 54.2 Å². The number of benzene rings is 1. The molecule has 2 heterocycles. The molecule has 3 rings (SSSR count). The molecule has 27 heavy (non-hydrogen) atoms. The van der Waals surface area contributed by atoms with Crippen molar-refractivity contribution in [3.63, 3.8) is 0 Å². The van der Waals surface area contributed by atoms with Crippen LogP contribution in [0.5, 0.6) is 0 Å². The van der Waals surface area contributed by atoms with Crippen molar-refractivity contribution < 1.29 is 9.59 Å². The van der Waals surface area contributed by atoms with Gasteiger partial charge in [0.15, 0.2) is 0 Å². The number of nitrogens with one attached hydrogen (secondary N) is 2. The summed E-state index contributed by atoms with van der Waals surface area (Å²) < 4.78 is 0. The maximum Gasteiger partial charge on any atom is 0.252 e. The lowest BCUT2D eigenvalue weighted by molar-refractivity contribution is -0.136. The second-order valence-electron chi connectivity index (χ2n) is 7.26. The first-order valence-corrected chi connectivity index (χ1v) is 9.32. The zero-order valence-corrected chi connectivity index (χ0v) is 15.7. The molecule has 142 valence electrons. The highest BCUT2D eigenvalue weighted by Crippen LogP contribution is 2.16. The van der Waals surface area contributed by atoms with E-state index in [0.717, 1.165) is 12.0 Å². The standard InChI is InChI=1S/C21H25N3O3/c1-14(2)18-11-16(12-19(25)22-18)20(26)23-17-9-6-10-24(21(17)27)13-15-7-4-3-5-8-15/h3-5,7-8,11-12,14,17H,6,9-10,13H2,1-2H3,(H,22,25)(H,23,26). The molecule has 6 nitrogen and oxygen atoms in total. The molecule has 6 heteroatoms. The Labute approximate surface area is 158 Å². The summed E-state index contributed by atoms with van der Waals surface area (Å²) in [6.07, 6.45) is 1.44. The van der Waals surface area contributed by atoms with Gasteiger partial charge in [-0.25, -0.2) is 0 Å². The molecular formula is C21H25N3O3. The van der Waals surface area contributed by atoms with E-state index in [-0.39, 0.29) is 28.9 Å². The molecule has 1 aromatic carbocycles. The van der Waals surface area contributed by atoms with Gasteiger partial charge in [0.25, 0.3) is 5.91 Å². The van der Waals surface area contributed by atoms with Crippen LogP contribution >= 0.6 is 0 Å². The molecule has 1 aliphatic heterocycles. The number of carbonyl (C=O) groups is 2. The topological polar surface area (TPSA) is 82.3 Å². The first-order chi connectivity index (χ1) is 12.9. The molecule has 1 aliphatic rings. The van der Waals surface area contributed by atoms with Gasteiger partial charge in [0.1, 0.15) is 6.04 Å². The Kier molecular flexibility index (Phi) is 5.74. The quantitative estimate of drug-likeness (QED) is 0.851. The third-order valence-corrected chi connectivity index (χ3v) is 4.80. The average molecular weight is 367 g/mol. The molecule has 0 radical (unpaired) electrons. The van der Waals surface area contributed by atoms with Gasteiger partial charge in [-0.2, -0.15) is 0 Å². The molecule has 0 saturated carbocycles. The minimum absolute atomic E-state index is 0.0765. The number of likely N-dealkylation sites (tertiary alicyclic amines) is 1. The van der Waals surface area contributed by atoms with Gasteiger partial charge in [-0.1, -0.05) is 44.2 Å². The molecular weight excluding hydrogens is 342 g/mol. The number of rotatable bonds is 5. The molecule has 1 fully saturated rings. The van der Waals surface area contributed by atoms with Crippen molar-refractivity contribution in [2.75, 3.05) is 6.54 Å². The Hall–Kier alpha value is -2.89. The summed E-state index contributed by atoms with van der Waals surface area (Å²) in [5.41, 5.74) is 1.74. The fourth-order valence-corrected chi connectivity index (χ4v) is 3.28. The fourth-order valence-electron chi connectivity index (χ4n) is 3.28. The van der Waals surface area contributed by atoms with Gasteiger partial charge in [-0.3, -0.25) is 14.4 Å². The lowest BCUT2D eigenvalue weighted by Gasteiger charge is -2.32. The van der Waals surface area contributed by atoms with Crippen molar-refractivity contribution in [3.8, 4) is 0 Å². The van der Waals surface area contributed by atoms with Crippen LogP contribution in [0, 0.1) is 0 Å². The molecule has 1 unspecified atom stereocenters. The molecule has 2 N–H and O–H groups in total. The molecule has 1 aromatic heterocycles. The van der Waals surface area contributed by atoms with Crippen LogP contribution in [-0.4, -0.2) is 34.3 Å². The van der Waals surface area contributed by atoms with Gasteiger partial charge in [0.05, 0.1) is 0 Å². The van der Waals surface area contributed by atoms with Crippen molar-refractivity contribution in [2.24, 2.45) is 0 Å². The molecule has 1 atom stereocenters. The van der Waals surface area contributed by atoms with E-state index in [1.54, 1.807) is 11.0 Å². The lowest BCUT2D eigenvalue weighted by Crippen LogP contribution is -2.52. The highest BCUT2D eigenvalue weighted by Gasteiger charge is 2.30. The lowest BCUT2D eigenvalue weighted by atomic mass is 10.0. The van der Waals surface area contributed by atoms with Crippen molar-refractivity contribution in [1.29, 1.82) is 0 Å². The van der Waals surface area contributed by atoms with Crippen LogP contribution in [0.2, 0.25) is 0 Å². The van der Waals surface area contributed by atoms with Crippen LogP contribution in [0.25, 0.3) is 0 Å². The molecule has 1 saturated heterocycles. The van der Waals surface area contributed by atoms with Crippen LogP contribution in [-0.2, 0) is 11.3 Å². The maximum atomic E-state index is 12.8. The van der Waals surface area contributed by atoms with E-state index in [1.807, 2.05) is 44.2 Å². The second-order valence-corrected chi connectivity index (χ2v) is 7.26. The smallest absolute Gasteiger partial charge is 0.252 e. The highest BCUT2D eigenvalue weighted by molar-refractivity contribution is 5.97. The van der Waals surface area contributed by atoms with Crippen molar-refractivity contribution in [3.05, 3.63) is 69.6 Å². The zero-order chi connectivity index (χ0) is 19.4. The number of aromatic nitrogens is 1. The maximum absolute atomic E-state index is 12.8. The number of carbonyl (C=O) groups excluding carboxylic acids is 2. The van der Waals surface area contributed by atoms with E-state index in [1.165, 1.54) is 6.07 Å². The number of pyridine rings is 1. The molecule has 0 bridgehead atoms. The number of amides is 2. The van der Waals surface area contributed by atoms with E-state index in [0.29, 0.717) is 25.2 Å².